The summed E-state index contributed by atoms with van der Waals surface area (Å²) in [5, 5.41) is 11.8. The van der Waals surface area contributed by atoms with E-state index < -0.39 is 18.1 Å². The molecule has 2 atom stereocenters. The second kappa shape index (κ2) is 11.4. The van der Waals surface area contributed by atoms with Gasteiger partial charge in [-0.1, -0.05) is 48.5 Å². The molecule has 8 nitrogen and oxygen atoms in total. The maximum atomic E-state index is 13.3. The van der Waals surface area contributed by atoms with Gasteiger partial charge in [-0.2, -0.15) is 0 Å². The zero-order chi connectivity index (χ0) is 24.8. The van der Waals surface area contributed by atoms with E-state index in [4.69, 9.17) is 14.6 Å². The van der Waals surface area contributed by atoms with E-state index in [0.29, 0.717) is 13.2 Å². The van der Waals surface area contributed by atoms with E-state index in [1.165, 1.54) is 0 Å². The lowest BCUT2D eigenvalue weighted by molar-refractivity contribution is -0.140. The molecule has 2 aliphatic rings. The first-order valence-corrected chi connectivity index (χ1v) is 12.1. The van der Waals surface area contributed by atoms with E-state index in [1.807, 2.05) is 36.4 Å². The van der Waals surface area contributed by atoms with Gasteiger partial charge in [-0.15, -0.1) is 0 Å². The van der Waals surface area contributed by atoms with E-state index in [9.17, 15) is 14.4 Å². The summed E-state index contributed by atoms with van der Waals surface area (Å²) in [5.41, 5.74) is 4.44. The highest BCUT2D eigenvalue weighted by molar-refractivity contribution is 5.86. The highest BCUT2D eigenvalue weighted by Gasteiger charge is 2.34. The molecule has 2 N–H and O–H groups in total. The number of benzene rings is 2. The molecule has 0 bridgehead atoms. The van der Waals surface area contributed by atoms with Crippen LogP contribution in [0.15, 0.2) is 48.5 Å². The third-order valence-electron chi connectivity index (χ3n) is 6.85. The lowest BCUT2D eigenvalue weighted by Gasteiger charge is -2.37. The number of nitrogens with zero attached hydrogens (tertiary/aromatic N) is 1. The van der Waals surface area contributed by atoms with Crippen LogP contribution in [0.25, 0.3) is 11.1 Å². The van der Waals surface area contributed by atoms with Crippen LogP contribution in [-0.2, 0) is 19.1 Å². The van der Waals surface area contributed by atoms with Gasteiger partial charge < -0.3 is 24.8 Å². The number of aliphatic carboxylic acids is 1. The molecular weight excluding hydrogens is 448 g/mol. The molecule has 0 spiro atoms. The highest BCUT2D eigenvalue weighted by atomic mass is 16.5. The van der Waals surface area contributed by atoms with Gasteiger partial charge in [-0.3, -0.25) is 9.59 Å². The molecule has 35 heavy (non-hydrogen) atoms. The smallest absolute Gasteiger partial charge is 0.407 e. The summed E-state index contributed by atoms with van der Waals surface area (Å²) in [7, 11) is 1.59. The van der Waals surface area contributed by atoms with Crippen molar-refractivity contribution in [2.24, 2.45) is 0 Å². The van der Waals surface area contributed by atoms with E-state index in [2.05, 4.69) is 17.4 Å². The van der Waals surface area contributed by atoms with Crippen molar-refractivity contribution in [2.45, 2.75) is 50.1 Å². The van der Waals surface area contributed by atoms with Crippen molar-refractivity contribution in [3.63, 3.8) is 0 Å². The molecule has 0 aromatic heterocycles. The number of carboxylic acids is 1. The SMILES string of the molecule is COCC1CCCCN1C(=O)C(CCC(=O)O)NC(=O)OCC1c2ccccc2-c2ccccc21. The van der Waals surface area contributed by atoms with Crippen LogP contribution in [0.1, 0.15) is 49.1 Å². The molecule has 186 valence electrons. The quantitative estimate of drug-likeness (QED) is 0.566. The lowest BCUT2D eigenvalue weighted by atomic mass is 9.98. The minimum atomic E-state index is -1.02. The molecule has 0 saturated carbocycles. The van der Waals surface area contributed by atoms with E-state index in [0.717, 1.165) is 41.5 Å². The van der Waals surface area contributed by atoms with E-state index in [-0.39, 0.29) is 37.3 Å². The topological polar surface area (TPSA) is 105 Å². The number of rotatable bonds is 9. The molecule has 0 radical (unpaired) electrons. The van der Waals surface area contributed by atoms with Crippen molar-refractivity contribution in [1.29, 1.82) is 0 Å². The molecular formula is C27H32N2O6. The van der Waals surface area contributed by atoms with Crippen molar-refractivity contribution >= 4 is 18.0 Å². The number of hydrogen-bond acceptors (Lipinski definition) is 5. The Morgan fingerprint density at radius 1 is 1.03 bits per heavy atom. The molecule has 4 rings (SSSR count). The van der Waals surface area contributed by atoms with Crippen LogP contribution in [-0.4, -0.2) is 66.9 Å². The Morgan fingerprint density at radius 3 is 2.31 bits per heavy atom. The Bertz CT molecular complexity index is 1020. The van der Waals surface area contributed by atoms with Crippen LogP contribution in [0.2, 0.25) is 0 Å². The van der Waals surface area contributed by atoms with Gasteiger partial charge in [-0.25, -0.2) is 4.79 Å². The molecule has 1 saturated heterocycles. The zero-order valence-corrected chi connectivity index (χ0v) is 19.9. The molecule has 1 fully saturated rings. The monoisotopic (exact) mass is 480 g/mol. The van der Waals surface area contributed by atoms with Gasteiger partial charge in [0.15, 0.2) is 0 Å². The first-order valence-electron chi connectivity index (χ1n) is 12.1. The predicted octanol–water partition coefficient (Wildman–Crippen LogP) is 3.79. The van der Waals surface area contributed by atoms with Gasteiger partial charge in [0, 0.05) is 26.0 Å². The van der Waals surface area contributed by atoms with E-state index >= 15 is 0 Å². The molecule has 1 aliphatic heterocycles. The van der Waals surface area contributed by atoms with Crippen molar-refractivity contribution in [3.8, 4) is 11.1 Å². The van der Waals surface area contributed by atoms with Crippen LogP contribution >= 0.6 is 0 Å². The van der Waals surface area contributed by atoms with Crippen molar-refractivity contribution in [2.75, 3.05) is 26.9 Å². The normalized spacial score (nSPS) is 17.9. The Labute approximate surface area is 205 Å². The number of nitrogens with one attached hydrogen (secondary N) is 1. The first-order chi connectivity index (χ1) is 17.0. The van der Waals surface area contributed by atoms with Gasteiger partial charge >= 0.3 is 12.1 Å². The summed E-state index contributed by atoms with van der Waals surface area (Å²) in [6, 6.07) is 15.0. The van der Waals surface area contributed by atoms with E-state index in [1.54, 1.807) is 12.0 Å². The predicted molar refractivity (Wildman–Crippen MR) is 130 cm³/mol. The fourth-order valence-corrected chi connectivity index (χ4v) is 5.16. The number of piperidine rings is 1. The minimum absolute atomic E-state index is 0.00539. The summed E-state index contributed by atoms with van der Waals surface area (Å²) in [6.07, 6.45) is 1.71. The third kappa shape index (κ3) is 5.65. The van der Waals surface area contributed by atoms with Crippen molar-refractivity contribution in [1.82, 2.24) is 10.2 Å². The minimum Gasteiger partial charge on any atom is -0.481 e. The number of methoxy groups -OCH3 is 1. The molecule has 8 heteroatoms. The Balaban J connectivity index is 1.44. The summed E-state index contributed by atoms with van der Waals surface area (Å²) in [6.45, 7) is 1.08. The fourth-order valence-electron chi connectivity index (χ4n) is 5.16. The summed E-state index contributed by atoms with van der Waals surface area (Å²) < 4.78 is 10.9. The van der Waals surface area contributed by atoms with Crippen LogP contribution in [0.5, 0.6) is 0 Å². The number of carbonyl (C=O) groups is 3. The molecule has 2 aromatic carbocycles. The fraction of sp³-hybridized carbons (Fsp3) is 0.444. The number of carbonyl (C=O) groups excluding carboxylic acids is 2. The summed E-state index contributed by atoms with van der Waals surface area (Å²) in [5.74, 6) is -1.42. The molecule has 1 aliphatic carbocycles. The maximum absolute atomic E-state index is 13.3. The van der Waals surface area contributed by atoms with Crippen LogP contribution < -0.4 is 5.32 Å². The first kappa shape index (κ1) is 24.7. The Hall–Kier alpha value is -3.39. The van der Waals surface area contributed by atoms with Crippen molar-refractivity contribution < 1.29 is 29.0 Å². The Morgan fingerprint density at radius 2 is 1.69 bits per heavy atom. The highest BCUT2D eigenvalue weighted by Crippen LogP contribution is 2.44. The van der Waals surface area contributed by atoms with Crippen LogP contribution in [0, 0.1) is 0 Å². The number of hydrogen-bond donors (Lipinski definition) is 2. The average molecular weight is 481 g/mol. The zero-order valence-electron chi connectivity index (χ0n) is 19.9. The van der Waals surface area contributed by atoms with Gasteiger partial charge in [0.1, 0.15) is 12.6 Å². The van der Waals surface area contributed by atoms with Crippen LogP contribution in [0.3, 0.4) is 0 Å². The third-order valence-corrected chi connectivity index (χ3v) is 6.85. The molecule has 1 heterocycles. The van der Waals surface area contributed by atoms with Crippen LogP contribution in [0.4, 0.5) is 4.79 Å². The number of alkyl carbamates (subject to hydrolysis) is 1. The molecule has 2 unspecified atom stereocenters. The lowest BCUT2D eigenvalue weighted by Crippen LogP contribution is -2.54. The Kier molecular flexibility index (Phi) is 8.02. The average Bonchev–Trinajstić information content (AvgIpc) is 3.19. The van der Waals surface area contributed by atoms with Gasteiger partial charge in [0.2, 0.25) is 5.91 Å². The number of carboxylic acid groups (broad SMARTS) is 1. The maximum Gasteiger partial charge on any atom is 0.407 e. The molecule has 2 aromatic rings. The second-order valence-corrected chi connectivity index (χ2v) is 9.09. The summed E-state index contributed by atoms with van der Waals surface area (Å²) >= 11 is 0. The number of amides is 2. The molecule has 2 amide bonds. The van der Waals surface area contributed by atoms with Gasteiger partial charge in [-0.05, 0) is 47.9 Å². The standard InChI is InChI=1S/C27H32N2O6/c1-34-16-18-8-6-7-15-29(18)26(32)24(13-14-25(30)31)28-27(33)35-17-23-21-11-4-2-9-19(21)20-10-3-5-12-22(20)23/h2-5,9-12,18,23-24H,6-8,13-17H2,1H3,(H,28,33)(H,30,31). The number of likely N-dealkylation sites (tertiary alicyclic amines) is 1. The van der Waals surface area contributed by atoms with Crippen molar-refractivity contribution in [3.05, 3.63) is 59.7 Å². The second-order valence-electron chi connectivity index (χ2n) is 9.09. The van der Waals surface area contributed by atoms with Gasteiger partial charge in [0.05, 0.1) is 12.6 Å². The van der Waals surface area contributed by atoms with Gasteiger partial charge in [0.25, 0.3) is 0 Å². The number of ether oxygens (including phenoxy) is 2. The largest absolute Gasteiger partial charge is 0.481 e. The number of fused-ring (bicyclic) bond motifs is 3. The summed E-state index contributed by atoms with van der Waals surface area (Å²) in [4.78, 5) is 39.0.